The highest BCUT2D eigenvalue weighted by molar-refractivity contribution is 5.98. The van der Waals surface area contributed by atoms with Crippen molar-refractivity contribution in [2.24, 2.45) is 10.8 Å². The van der Waals surface area contributed by atoms with Gasteiger partial charge in [-0.2, -0.15) is 0 Å². The van der Waals surface area contributed by atoms with Crippen LogP contribution in [0.5, 0.6) is 0 Å². The Kier molecular flexibility index (Phi) is 4.89. The molecular formula is C19H15FN4O2. The summed E-state index contributed by atoms with van der Waals surface area (Å²) in [5.74, 6) is -0.297. The second-order valence-corrected chi connectivity index (χ2v) is 5.42. The van der Waals surface area contributed by atoms with Crippen LogP contribution in [0.4, 0.5) is 21.5 Å². The first-order valence-electron chi connectivity index (χ1n) is 7.74. The highest BCUT2D eigenvalue weighted by Crippen LogP contribution is 2.27. The lowest BCUT2D eigenvalue weighted by Crippen LogP contribution is -2.20. The molecule has 0 spiro atoms. The molecule has 0 fully saturated rings. The average molecular weight is 350 g/mol. The Balaban J connectivity index is 2.04. The van der Waals surface area contributed by atoms with Gasteiger partial charge >= 0.3 is 0 Å². The molecule has 0 radical (unpaired) electrons. The number of anilines is 2. The van der Waals surface area contributed by atoms with E-state index >= 15 is 0 Å². The van der Waals surface area contributed by atoms with Crippen LogP contribution < -0.4 is 10.7 Å². The Bertz CT molecular complexity index is 943. The molecule has 0 aliphatic rings. The van der Waals surface area contributed by atoms with Gasteiger partial charge in [-0.15, -0.1) is 5.10 Å². The summed E-state index contributed by atoms with van der Waals surface area (Å²) in [5.41, 5.74) is 7.76. The number of hydrazone groups is 1. The van der Waals surface area contributed by atoms with Crippen LogP contribution in [0.3, 0.4) is 0 Å². The molecule has 0 atom stereocenters. The maximum Gasteiger partial charge on any atom is 0.269 e. The zero-order chi connectivity index (χ0) is 18.5. The maximum atomic E-state index is 13.4. The first-order chi connectivity index (χ1) is 12.5. The number of para-hydroxylation sites is 1. The van der Waals surface area contributed by atoms with Crippen molar-refractivity contribution >= 4 is 22.9 Å². The zero-order valence-electron chi connectivity index (χ0n) is 13.6. The largest absolute Gasteiger partial charge is 0.382 e. The van der Waals surface area contributed by atoms with Crippen molar-refractivity contribution in [2.75, 3.05) is 5.01 Å². The molecule has 7 heteroatoms. The fourth-order valence-electron chi connectivity index (χ4n) is 2.36. The number of nitro groups is 1. The molecular weight excluding hydrogens is 335 g/mol. The summed E-state index contributed by atoms with van der Waals surface area (Å²) in [6.45, 7) is 0. The number of amidine groups is 1. The highest BCUT2D eigenvalue weighted by atomic mass is 19.1. The van der Waals surface area contributed by atoms with Gasteiger partial charge in [0.25, 0.3) is 5.69 Å². The molecule has 0 saturated heterocycles. The molecule has 3 aromatic carbocycles. The Morgan fingerprint density at radius 2 is 1.62 bits per heavy atom. The van der Waals surface area contributed by atoms with Gasteiger partial charge in [-0.1, -0.05) is 30.3 Å². The Hall–Kier alpha value is -3.74. The fourth-order valence-corrected chi connectivity index (χ4v) is 2.36. The van der Waals surface area contributed by atoms with E-state index in [0.717, 1.165) is 0 Å². The summed E-state index contributed by atoms with van der Waals surface area (Å²) in [7, 11) is 0. The number of hydrogen-bond acceptors (Lipinski definition) is 4. The Labute approximate surface area is 149 Å². The predicted molar refractivity (Wildman–Crippen MR) is 98.8 cm³/mol. The van der Waals surface area contributed by atoms with Crippen LogP contribution in [0, 0.1) is 15.9 Å². The third-order valence-electron chi connectivity index (χ3n) is 3.63. The van der Waals surface area contributed by atoms with Crippen LogP contribution in [0.2, 0.25) is 0 Å². The summed E-state index contributed by atoms with van der Waals surface area (Å²) < 4.78 is 13.4. The van der Waals surface area contributed by atoms with Gasteiger partial charge in [-0.3, -0.25) is 10.1 Å². The fraction of sp³-hybridized carbons (Fsp3) is 0. The van der Waals surface area contributed by atoms with E-state index in [0.29, 0.717) is 16.9 Å². The van der Waals surface area contributed by atoms with E-state index in [4.69, 9.17) is 5.73 Å². The molecule has 0 heterocycles. The second kappa shape index (κ2) is 7.43. The Morgan fingerprint density at radius 3 is 2.23 bits per heavy atom. The lowest BCUT2D eigenvalue weighted by molar-refractivity contribution is -0.384. The minimum absolute atomic E-state index is 0.0242. The molecule has 0 aliphatic carbocycles. The van der Waals surface area contributed by atoms with Crippen molar-refractivity contribution in [3.8, 4) is 0 Å². The number of halogens is 1. The first kappa shape index (κ1) is 17.1. The van der Waals surface area contributed by atoms with E-state index < -0.39 is 10.7 Å². The lowest BCUT2D eigenvalue weighted by Gasteiger charge is -2.20. The lowest BCUT2D eigenvalue weighted by atomic mass is 10.2. The van der Waals surface area contributed by atoms with Crippen LogP contribution in [-0.4, -0.2) is 10.8 Å². The van der Waals surface area contributed by atoms with E-state index in [-0.39, 0.29) is 11.5 Å². The topological polar surface area (TPSA) is 84.8 Å². The maximum absolute atomic E-state index is 13.4. The van der Waals surface area contributed by atoms with Gasteiger partial charge in [-0.25, -0.2) is 9.40 Å². The smallest absolute Gasteiger partial charge is 0.269 e. The molecule has 0 aromatic heterocycles. The normalized spacial score (nSPS) is 11.2. The van der Waals surface area contributed by atoms with Crippen LogP contribution in [0.15, 0.2) is 84.0 Å². The molecule has 0 aliphatic heterocycles. The monoisotopic (exact) mass is 350 g/mol. The minimum atomic E-state index is -0.471. The van der Waals surface area contributed by atoms with Crippen LogP contribution in [0.1, 0.15) is 5.56 Å². The van der Waals surface area contributed by atoms with Gasteiger partial charge in [0.15, 0.2) is 5.84 Å². The SMILES string of the molecule is N/C(=N\N(c1ccccc1)c1ccc([N+](=O)[O-])cc1)c1cccc(F)c1. The number of hydrogen-bond donors (Lipinski definition) is 1. The number of non-ortho nitro benzene ring substituents is 1. The second-order valence-electron chi connectivity index (χ2n) is 5.42. The molecule has 3 aromatic rings. The third kappa shape index (κ3) is 3.84. The highest BCUT2D eigenvalue weighted by Gasteiger charge is 2.12. The van der Waals surface area contributed by atoms with Gasteiger partial charge in [0, 0.05) is 17.7 Å². The van der Waals surface area contributed by atoms with Gasteiger partial charge in [0.05, 0.1) is 16.3 Å². The Morgan fingerprint density at radius 1 is 0.962 bits per heavy atom. The average Bonchev–Trinajstić information content (AvgIpc) is 2.66. The molecule has 2 N–H and O–H groups in total. The number of nitrogens with zero attached hydrogens (tertiary/aromatic N) is 3. The van der Waals surface area contributed by atoms with Crippen LogP contribution in [-0.2, 0) is 0 Å². The van der Waals surface area contributed by atoms with Crippen molar-refractivity contribution in [1.29, 1.82) is 0 Å². The number of benzene rings is 3. The molecule has 26 heavy (non-hydrogen) atoms. The summed E-state index contributed by atoms with van der Waals surface area (Å²) in [5, 5.41) is 16.8. The van der Waals surface area contributed by atoms with E-state index in [1.54, 1.807) is 29.3 Å². The van der Waals surface area contributed by atoms with Gasteiger partial charge < -0.3 is 5.73 Å². The van der Waals surface area contributed by atoms with E-state index in [1.807, 2.05) is 30.3 Å². The molecule has 0 unspecified atom stereocenters. The van der Waals surface area contributed by atoms with Crippen molar-refractivity contribution in [2.45, 2.75) is 0 Å². The van der Waals surface area contributed by atoms with Crippen LogP contribution >= 0.6 is 0 Å². The van der Waals surface area contributed by atoms with E-state index in [2.05, 4.69) is 5.10 Å². The molecule has 3 rings (SSSR count). The molecule has 0 bridgehead atoms. The van der Waals surface area contributed by atoms with Crippen molar-refractivity contribution < 1.29 is 9.31 Å². The van der Waals surface area contributed by atoms with Crippen molar-refractivity contribution in [1.82, 2.24) is 0 Å². The first-order valence-corrected chi connectivity index (χ1v) is 7.74. The predicted octanol–water partition coefficient (Wildman–Crippen LogP) is 4.19. The number of nitro benzene ring substituents is 1. The van der Waals surface area contributed by atoms with Gasteiger partial charge in [0.2, 0.25) is 0 Å². The molecule has 0 saturated carbocycles. The van der Waals surface area contributed by atoms with Crippen LogP contribution in [0.25, 0.3) is 0 Å². The zero-order valence-corrected chi connectivity index (χ0v) is 13.6. The summed E-state index contributed by atoms with van der Waals surface area (Å²) in [4.78, 5) is 10.4. The molecule has 0 amide bonds. The quantitative estimate of drug-likeness (QED) is 0.323. The van der Waals surface area contributed by atoms with Crippen molar-refractivity contribution in [3.05, 3.63) is 100 Å². The number of nitrogens with two attached hydrogens (primary N) is 1. The summed E-state index contributed by atoms with van der Waals surface area (Å²) >= 11 is 0. The summed E-state index contributed by atoms with van der Waals surface area (Å²) in [6, 6.07) is 20.9. The standard InChI is InChI=1S/C19H15FN4O2/c20-15-6-4-5-14(13-15)19(21)22-23(16-7-2-1-3-8-16)17-9-11-18(12-10-17)24(25)26/h1-13H,(H2,21,22). The number of rotatable bonds is 5. The van der Waals surface area contributed by atoms with Gasteiger partial charge in [-0.05, 0) is 36.4 Å². The van der Waals surface area contributed by atoms with Crippen molar-refractivity contribution in [3.63, 3.8) is 0 Å². The van der Waals surface area contributed by atoms with Gasteiger partial charge in [0.1, 0.15) is 5.82 Å². The molecule has 130 valence electrons. The third-order valence-corrected chi connectivity index (χ3v) is 3.63. The van der Waals surface area contributed by atoms with E-state index in [9.17, 15) is 14.5 Å². The van der Waals surface area contributed by atoms with E-state index in [1.165, 1.54) is 24.3 Å². The minimum Gasteiger partial charge on any atom is -0.382 e. The summed E-state index contributed by atoms with van der Waals surface area (Å²) in [6.07, 6.45) is 0. The molecule has 6 nitrogen and oxygen atoms in total.